The first-order chi connectivity index (χ1) is 10.1. The first-order valence-electron chi connectivity index (χ1n) is 6.29. The third kappa shape index (κ3) is 5.21. The van der Waals surface area contributed by atoms with Crippen LogP contribution in [0.3, 0.4) is 0 Å². The van der Waals surface area contributed by atoms with Gasteiger partial charge in [-0.05, 0) is 18.2 Å². The zero-order valence-corrected chi connectivity index (χ0v) is 13.0. The summed E-state index contributed by atoms with van der Waals surface area (Å²) in [4.78, 5) is 22.8. The molecule has 0 fully saturated rings. The molecule has 21 heavy (non-hydrogen) atoms. The maximum atomic E-state index is 12.3. The average Bonchev–Trinajstić information content (AvgIpc) is 2.50. The fourth-order valence-electron chi connectivity index (χ4n) is 1.64. The van der Waals surface area contributed by atoms with Crippen LogP contribution in [0.15, 0.2) is 48.5 Å². The third-order valence-electron chi connectivity index (χ3n) is 2.48. The van der Waals surface area contributed by atoms with Crippen molar-refractivity contribution in [2.75, 3.05) is 11.2 Å². The molecule has 2 aromatic rings. The minimum absolute atomic E-state index is 0.178. The Labute approximate surface area is 133 Å². The SMILES string of the molecule is CCCl.O=CNc1ccc(Cl)cc1C(=O)c1ccccc1. The molecular formula is C16H15Cl2NO2. The molecule has 0 bridgehead atoms. The summed E-state index contributed by atoms with van der Waals surface area (Å²) in [5.41, 5.74) is 1.37. The Morgan fingerprint density at radius 3 is 2.38 bits per heavy atom. The molecule has 0 unspecified atom stereocenters. The average molecular weight is 324 g/mol. The van der Waals surface area contributed by atoms with E-state index in [2.05, 4.69) is 5.32 Å². The quantitative estimate of drug-likeness (QED) is 0.515. The molecule has 0 spiro atoms. The molecule has 0 aliphatic rings. The van der Waals surface area contributed by atoms with E-state index in [1.165, 1.54) is 0 Å². The summed E-state index contributed by atoms with van der Waals surface area (Å²) >= 11 is 10.9. The van der Waals surface area contributed by atoms with E-state index in [-0.39, 0.29) is 5.78 Å². The number of hydrogen-bond donors (Lipinski definition) is 1. The van der Waals surface area contributed by atoms with Crippen molar-refractivity contribution in [2.24, 2.45) is 0 Å². The van der Waals surface area contributed by atoms with Crippen LogP contribution in [0.5, 0.6) is 0 Å². The zero-order valence-electron chi connectivity index (χ0n) is 11.5. The first-order valence-corrected chi connectivity index (χ1v) is 7.20. The number of nitrogens with one attached hydrogen (secondary N) is 1. The summed E-state index contributed by atoms with van der Waals surface area (Å²) in [5, 5.41) is 2.94. The smallest absolute Gasteiger partial charge is 0.211 e. The third-order valence-corrected chi connectivity index (χ3v) is 2.71. The molecule has 0 atom stereocenters. The highest BCUT2D eigenvalue weighted by Crippen LogP contribution is 2.23. The molecule has 2 rings (SSSR count). The van der Waals surface area contributed by atoms with Gasteiger partial charge in [0.05, 0.1) is 5.69 Å². The van der Waals surface area contributed by atoms with Crippen LogP contribution in [0.25, 0.3) is 0 Å². The number of alkyl halides is 1. The second kappa shape index (κ2) is 9.16. The highest BCUT2D eigenvalue weighted by Gasteiger charge is 2.13. The lowest BCUT2D eigenvalue weighted by molar-refractivity contribution is -0.105. The number of rotatable bonds is 4. The predicted octanol–water partition coefficient (Wildman–Crippen LogP) is 4.38. The van der Waals surface area contributed by atoms with Gasteiger partial charge in [-0.3, -0.25) is 9.59 Å². The zero-order chi connectivity index (χ0) is 15.7. The van der Waals surface area contributed by atoms with Gasteiger partial charge in [0.1, 0.15) is 0 Å². The van der Waals surface area contributed by atoms with E-state index in [9.17, 15) is 9.59 Å². The summed E-state index contributed by atoms with van der Waals surface area (Å²) in [6.45, 7) is 1.89. The van der Waals surface area contributed by atoms with Crippen molar-refractivity contribution in [3.05, 3.63) is 64.7 Å². The lowest BCUT2D eigenvalue weighted by atomic mass is 10.0. The van der Waals surface area contributed by atoms with E-state index < -0.39 is 0 Å². The highest BCUT2D eigenvalue weighted by atomic mass is 35.5. The summed E-state index contributed by atoms with van der Waals surface area (Å²) in [7, 11) is 0. The predicted molar refractivity (Wildman–Crippen MR) is 87.4 cm³/mol. The first kappa shape index (κ1) is 17.2. The Kier molecular flexibility index (Phi) is 7.51. The van der Waals surface area contributed by atoms with Crippen LogP contribution in [0, 0.1) is 0 Å². The van der Waals surface area contributed by atoms with Crippen molar-refractivity contribution < 1.29 is 9.59 Å². The molecule has 0 saturated carbocycles. The van der Waals surface area contributed by atoms with Crippen LogP contribution in [0.1, 0.15) is 22.8 Å². The molecule has 0 aliphatic carbocycles. The molecule has 0 saturated heterocycles. The van der Waals surface area contributed by atoms with Crippen LogP contribution in [0.2, 0.25) is 5.02 Å². The van der Waals surface area contributed by atoms with E-state index in [0.717, 1.165) is 5.88 Å². The lowest BCUT2D eigenvalue weighted by Crippen LogP contribution is -2.06. The topological polar surface area (TPSA) is 46.2 Å². The van der Waals surface area contributed by atoms with Crippen molar-refractivity contribution in [3.8, 4) is 0 Å². The molecule has 0 aromatic heterocycles. The Balaban J connectivity index is 0.000000677. The van der Waals surface area contributed by atoms with E-state index >= 15 is 0 Å². The van der Waals surface area contributed by atoms with E-state index in [4.69, 9.17) is 23.2 Å². The number of halogens is 2. The second-order valence-electron chi connectivity index (χ2n) is 3.91. The summed E-state index contributed by atoms with van der Waals surface area (Å²) in [6.07, 6.45) is 0.533. The number of benzene rings is 2. The Hall–Kier alpha value is -1.84. The number of ketones is 1. The fourth-order valence-corrected chi connectivity index (χ4v) is 1.81. The minimum Gasteiger partial charge on any atom is -0.328 e. The van der Waals surface area contributed by atoms with Gasteiger partial charge < -0.3 is 5.32 Å². The van der Waals surface area contributed by atoms with Crippen molar-refractivity contribution >= 4 is 41.1 Å². The number of carbonyl (C=O) groups excluding carboxylic acids is 2. The van der Waals surface area contributed by atoms with Gasteiger partial charge in [-0.1, -0.05) is 48.9 Å². The normalized spacial score (nSPS) is 9.29. The second-order valence-corrected chi connectivity index (χ2v) is 4.89. The maximum Gasteiger partial charge on any atom is 0.211 e. The summed E-state index contributed by atoms with van der Waals surface area (Å²) < 4.78 is 0. The molecule has 2 aromatic carbocycles. The molecule has 0 radical (unpaired) electrons. The molecule has 0 aliphatic heterocycles. The van der Waals surface area contributed by atoms with E-state index in [1.54, 1.807) is 42.5 Å². The van der Waals surface area contributed by atoms with Crippen LogP contribution < -0.4 is 5.32 Å². The highest BCUT2D eigenvalue weighted by molar-refractivity contribution is 6.31. The molecule has 5 heteroatoms. The van der Waals surface area contributed by atoms with Gasteiger partial charge in [-0.25, -0.2) is 0 Å². The monoisotopic (exact) mass is 323 g/mol. The standard InChI is InChI=1S/C14H10ClNO2.C2H5Cl/c15-11-6-7-13(16-9-17)12(8-11)14(18)10-4-2-1-3-5-10;1-2-3/h1-9H,(H,16,17);2H2,1H3. The fraction of sp³-hybridized carbons (Fsp3) is 0.125. The summed E-state index contributed by atoms with van der Waals surface area (Å²) in [5.74, 6) is 0.544. The number of amides is 1. The van der Waals surface area contributed by atoms with Gasteiger partial charge >= 0.3 is 0 Å². The van der Waals surface area contributed by atoms with Gasteiger partial charge in [-0.15, -0.1) is 11.6 Å². The molecular weight excluding hydrogens is 309 g/mol. The van der Waals surface area contributed by atoms with Gasteiger partial charge in [0, 0.05) is 22.0 Å². The van der Waals surface area contributed by atoms with Crippen LogP contribution in [-0.4, -0.2) is 18.1 Å². The number of carbonyl (C=O) groups is 2. The van der Waals surface area contributed by atoms with Gasteiger partial charge in [0.25, 0.3) is 0 Å². The molecule has 3 nitrogen and oxygen atoms in total. The maximum absolute atomic E-state index is 12.3. The molecule has 0 heterocycles. The largest absolute Gasteiger partial charge is 0.328 e. The van der Waals surface area contributed by atoms with Crippen molar-refractivity contribution in [1.82, 2.24) is 0 Å². The van der Waals surface area contributed by atoms with Gasteiger partial charge in [0.2, 0.25) is 6.41 Å². The summed E-state index contributed by atoms with van der Waals surface area (Å²) in [6, 6.07) is 13.6. The van der Waals surface area contributed by atoms with E-state index in [1.807, 2.05) is 13.0 Å². The van der Waals surface area contributed by atoms with Crippen molar-refractivity contribution in [2.45, 2.75) is 6.92 Å². The Morgan fingerprint density at radius 1 is 1.19 bits per heavy atom. The van der Waals surface area contributed by atoms with Gasteiger partial charge in [0.15, 0.2) is 5.78 Å². The minimum atomic E-state index is -0.178. The van der Waals surface area contributed by atoms with Gasteiger partial charge in [-0.2, -0.15) is 0 Å². The number of anilines is 1. The van der Waals surface area contributed by atoms with Crippen LogP contribution in [0.4, 0.5) is 5.69 Å². The van der Waals surface area contributed by atoms with Crippen LogP contribution in [-0.2, 0) is 4.79 Å². The molecule has 1 N–H and O–H groups in total. The number of hydrogen-bond acceptors (Lipinski definition) is 2. The molecule has 110 valence electrons. The Morgan fingerprint density at radius 2 is 1.81 bits per heavy atom. The van der Waals surface area contributed by atoms with E-state index in [0.29, 0.717) is 28.2 Å². The van der Waals surface area contributed by atoms with Crippen molar-refractivity contribution in [3.63, 3.8) is 0 Å². The van der Waals surface area contributed by atoms with Crippen molar-refractivity contribution in [1.29, 1.82) is 0 Å². The van der Waals surface area contributed by atoms with Crippen LogP contribution >= 0.6 is 23.2 Å². The Bertz CT molecular complexity index is 600. The lowest BCUT2D eigenvalue weighted by Gasteiger charge is -2.08. The molecule has 1 amide bonds.